The van der Waals surface area contributed by atoms with Crippen molar-refractivity contribution in [2.45, 2.75) is 60.4 Å². The molecule has 1 atom stereocenters. The standard InChI is InChI=1S/C28H34N2O2/c1-7-10-25(28(4,5)6)30(29-26(31)24-16-19(2)15-20(3)17-24)27(32)23-14-13-21-11-8-9-12-22(21)18-23/h8-9,11-18,25H,7,10H2,1-6H3,(H,29,31)/t25-/m1/s1. The van der Waals surface area contributed by atoms with Crippen molar-refractivity contribution in [3.8, 4) is 0 Å². The monoisotopic (exact) mass is 430 g/mol. The van der Waals surface area contributed by atoms with E-state index < -0.39 is 0 Å². The lowest BCUT2D eigenvalue weighted by Crippen LogP contribution is -2.56. The highest BCUT2D eigenvalue weighted by atomic mass is 16.2. The van der Waals surface area contributed by atoms with Crippen LogP contribution in [0.15, 0.2) is 60.7 Å². The molecule has 0 heterocycles. The Bertz CT molecular complexity index is 1110. The van der Waals surface area contributed by atoms with Crippen LogP contribution in [0.4, 0.5) is 0 Å². The van der Waals surface area contributed by atoms with Crippen LogP contribution in [0.2, 0.25) is 0 Å². The van der Waals surface area contributed by atoms with Crippen molar-refractivity contribution < 1.29 is 9.59 Å². The number of nitrogens with zero attached hydrogens (tertiary/aromatic N) is 1. The number of carbonyl (C=O) groups excluding carboxylic acids is 2. The van der Waals surface area contributed by atoms with Crippen LogP contribution in [0.5, 0.6) is 0 Å². The number of amides is 2. The minimum Gasteiger partial charge on any atom is -0.267 e. The minimum absolute atomic E-state index is 0.152. The van der Waals surface area contributed by atoms with Crippen LogP contribution in [-0.2, 0) is 0 Å². The van der Waals surface area contributed by atoms with Gasteiger partial charge < -0.3 is 0 Å². The van der Waals surface area contributed by atoms with E-state index in [4.69, 9.17) is 0 Å². The fourth-order valence-electron chi connectivity index (χ4n) is 4.23. The molecule has 0 radical (unpaired) electrons. The molecule has 0 saturated heterocycles. The first-order valence-electron chi connectivity index (χ1n) is 11.3. The molecule has 0 unspecified atom stereocenters. The van der Waals surface area contributed by atoms with Gasteiger partial charge in [0.05, 0.1) is 6.04 Å². The van der Waals surface area contributed by atoms with E-state index in [9.17, 15) is 9.59 Å². The maximum absolute atomic E-state index is 13.8. The second-order valence-corrected chi connectivity index (χ2v) is 9.72. The van der Waals surface area contributed by atoms with Crippen LogP contribution in [0.1, 0.15) is 72.4 Å². The van der Waals surface area contributed by atoms with Gasteiger partial charge >= 0.3 is 0 Å². The van der Waals surface area contributed by atoms with Gasteiger partial charge in [0.2, 0.25) is 0 Å². The van der Waals surface area contributed by atoms with E-state index in [1.54, 1.807) is 5.01 Å². The van der Waals surface area contributed by atoms with E-state index in [-0.39, 0.29) is 23.3 Å². The van der Waals surface area contributed by atoms with E-state index in [1.165, 1.54) is 0 Å². The summed E-state index contributed by atoms with van der Waals surface area (Å²) < 4.78 is 0. The van der Waals surface area contributed by atoms with E-state index in [0.717, 1.165) is 34.7 Å². The molecule has 0 aromatic heterocycles. The molecule has 0 aliphatic carbocycles. The third kappa shape index (κ3) is 5.37. The Morgan fingerprint density at radius 1 is 0.875 bits per heavy atom. The molecule has 0 aliphatic heterocycles. The van der Waals surface area contributed by atoms with Crippen LogP contribution in [0, 0.1) is 19.3 Å². The zero-order valence-corrected chi connectivity index (χ0v) is 20.0. The molecule has 0 fully saturated rings. The first-order valence-corrected chi connectivity index (χ1v) is 11.3. The van der Waals surface area contributed by atoms with E-state index in [2.05, 4.69) is 33.1 Å². The molecule has 0 aliphatic rings. The van der Waals surface area contributed by atoms with Crippen molar-refractivity contribution in [1.82, 2.24) is 10.4 Å². The summed E-state index contributed by atoms with van der Waals surface area (Å²) in [6, 6.07) is 19.3. The van der Waals surface area contributed by atoms with Crippen LogP contribution in [-0.4, -0.2) is 22.9 Å². The number of hydrazine groups is 1. The molecule has 3 aromatic carbocycles. The Balaban J connectivity index is 2.02. The second kappa shape index (κ2) is 9.56. The van der Waals surface area contributed by atoms with Crippen molar-refractivity contribution in [3.63, 3.8) is 0 Å². The van der Waals surface area contributed by atoms with Crippen molar-refractivity contribution in [2.24, 2.45) is 5.41 Å². The zero-order chi connectivity index (χ0) is 23.5. The fraction of sp³-hybridized carbons (Fsp3) is 0.357. The number of fused-ring (bicyclic) bond motifs is 1. The molecule has 3 rings (SSSR count). The van der Waals surface area contributed by atoms with Crippen molar-refractivity contribution in [3.05, 3.63) is 82.9 Å². The summed E-state index contributed by atoms with van der Waals surface area (Å²) in [6.45, 7) is 12.4. The number of hydrogen-bond acceptors (Lipinski definition) is 2. The van der Waals surface area contributed by atoms with Gasteiger partial charge in [-0.1, -0.05) is 81.6 Å². The maximum Gasteiger partial charge on any atom is 0.272 e. The first kappa shape index (κ1) is 23.5. The molecule has 0 bridgehead atoms. The number of aryl methyl sites for hydroxylation is 2. The van der Waals surface area contributed by atoms with Crippen LogP contribution in [0.3, 0.4) is 0 Å². The summed E-state index contributed by atoms with van der Waals surface area (Å²) in [5, 5.41) is 3.64. The van der Waals surface area contributed by atoms with E-state index in [0.29, 0.717) is 11.1 Å². The molecular formula is C28H34N2O2. The quantitative estimate of drug-likeness (QED) is 0.472. The fourth-order valence-corrected chi connectivity index (χ4v) is 4.23. The normalized spacial score (nSPS) is 12.4. The minimum atomic E-state index is -0.267. The Morgan fingerprint density at radius 3 is 2.09 bits per heavy atom. The molecule has 0 saturated carbocycles. The lowest BCUT2D eigenvalue weighted by atomic mass is 9.83. The van der Waals surface area contributed by atoms with Gasteiger partial charge in [0.15, 0.2) is 0 Å². The molecule has 2 amide bonds. The van der Waals surface area contributed by atoms with Crippen LogP contribution >= 0.6 is 0 Å². The molecule has 32 heavy (non-hydrogen) atoms. The summed E-state index contributed by atoms with van der Waals surface area (Å²) >= 11 is 0. The first-order chi connectivity index (χ1) is 15.1. The molecule has 3 aromatic rings. The van der Waals surface area contributed by atoms with Gasteiger partial charge in [-0.25, -0.2) is 5.01 Å². The average molecular weight is 431 g/mol. The van der Waals surface area contributed by atoms with Crippen LogP contribution in [0.25, 0.3) is 10.8 Å². The van der Waals surface area contributed by atoms with E-state index in [1.807, 2.05) is 74.5 Å². The van der Waals surface area contributed by atoms with Gasteiger partial charge in [-0.05, 0) is 60.7 Å². The summed E-state index contributed by atoms with van der Waals surface area (Å²) in [5.74, 6) is -0.460. The van der Waals surface area contributed by atoms with Gasteiger partial charge in [-0.3, -0.25) is 15.0 Å². The molecule has 0 spiro atoms. The number of hydrogen-bond donors (Lipinski definition) is 1. The van der Waals surface area contributed by atoms with Gasteiger partial charge in [0.25, 0.3) is 11.8 Å². The van der Waals surface area contributed by atoms with Gasteiger partial charge in [0, 0.05) is 11.1 Å². The second-order valence-electron chi connectivity index (χ2n) is 9.72. The largest absolute Gasteiger partial charge is 0.272 e. The summed E-state index contributed by atoms with van der Waals surface area (Å²) in [7, 11) is 0. The average Bonchev–Trinajstić information content (AvgIpc) is 2.73. The van der Waals surface area contributed by atoms with Gasteiger partial charge in [-0.2, -0.15) is 0 Å². The van der Waals surface area contributed by atoms with Crippen molar-refractivity contribution >= 4 is 22.6 Å². The Morgan fingerprint density at radius 2 is 1.50 bits per heavy atom. The number of rotatable bonds is 5. The van der Waals surface area contributed by atoms with Crippen LogP contribution < -0.4 is 5.43 Å². The lowest BCUT2D eigenvalue weighted by molar-refractivity contribution is 0.0271. The maximum atomic E-state index is 13.8. The number of carbonyl (C=O) groups is 2. The third-order valence-corrected chi connectivity index (χ3v) is 5.79. The van der Waals surface area contributed by atoms with E-state index >= 15 is 0 Å². The Labute approximate surface area is 191 Å². The zero-order valence-electron chi connectivity index (χ0n) is 20.0. The predicted molar refractivity (Wildman–Crippen MR) is 132 cm³/mol. The summed E-state index contributed by atoms with van der Waals surface area (Å²) in [6.07, 6.45) is 1.69. The molecule has 4 heteroatoms. The molecular weight excluding hydrogens is 396 g/mol. The highest BCUT2D eigenvalue weighted by Gasteiger charge is 2.35. The lowest BCUT2D eigenvalue weighted by Gasteiger charge is -2.40. The highest BCUT2D eigenvalue weighted by Crippen LogP contribution is 2.29. The van der Waals surface area contributed by atoms with Crippen molar-refractivity contribution in [2.75, 3.05) is 0 Å². The molecule has 1 N–H and O–H groups in total. The van der Waals surface area contributed by atoms with Gasteiger partial charge in [-0.15, -0.1) is 0 Å². The smallest absolute Gasteiger partial charge is 0.267 e. The number of nitrogens with one attached hydrogen (secondary N) is 1. The summed E-state index contributed by atoms with van der Waals surface area (Å²) in [4.78, 5) is 27.0. The molecule has 4 nitrogen and oxygen atoms in total. The van der Waals surface area contributed by atoms with Crippen molar-refractivity contribution in [1.29, 1.82) is 0 Å². The molecule has 168 valence electrons. The topological polar surface area (TPSA) is 49.4 Å². The Hall–Kier alpha value is -3.14. The third-order valence-electron chi connectivity index (χ3n) is 5.79. The summed E-state index contributed by atoms with van der Waals surface area (Å²) in [5.41, 5.74) is 5.92. The highest BCUT2D eigenvalue weighted by molar-refractivity contribution is 6.01. The predicted octanol–water partition coefficient (Wildman–Crippen LogP) is 6.46. The Kier molecular flexibility index (Phi) is 7.02. The number of benzene rings is 3. The van der Waals surface area contributed by atoms with Gasteiger partial charge in [0.1, 0.15) is 0 Å². The SMILES string of the molecule is CCC[C@@H](N(NC(=O)c1cc(C)cc(C)c1)C(=O)c1ccc2ccccc2c1)C(C)(C)C.